The van der Waals surface area contributed by atoms with Gasteiger partial charge in [-0.2, -0.15) is 0 Å². The lowest BCUT2D eigenvalue weighted by Gasteiger charge is -2.30. The lowest BCUT2D eigenvalue weighted by Crippen LogP contribution is -2.26. The first kappa shape index (κ1) is 11.4. The van der Waals surface area contributed by atoms with Gasteiger partial charge >= 0.3 is 0 Å². The van der Waals surface area contributed by atoms with Gasteiger partial charge in [0.05, 0.1) is 0 Å². The lowest BCUT2D eigenvalue weighted by atomic mass is 9.80. The lowest BCUT2D eigenvalue weighted by molar-refractivity contribution is 0.0908. The number of benzene rings is 1. The zero-order chi connectivity index (χ0) is 11.6. The summed E-state index contributed by atoms with van der Waals surface area (Å²) < 4.78 is 0. The van der Waals surface area contributed by atoms with E-state index in [1.165, 1.54) is 24.0 Å². The molecule has 16 heavy (non-hydrogen) atoms. The highest BCUT2D eigenvalue weighted by molar-refractivity contribution is 5.37. The number of aryl methyl sites for hydroxylation is 1. The summed E-state index contributed by atoms with van der Waals surface area (Å²) in [6, 6.07) is 8.11. The minimum atomic E-state index is -0.786. The normalized spacial score (nSPS) is 20.1. The van der Waals surface area contributed by atoms with Gasteiger partial charge < -0.3 is 5.11 Å². The zero-order valence-corrected chi connectivity index (χ0v) is 10.2. The second kappa shape index (κ2) is 4.42. The van der Waals surface area contributed by atoms with E-state index in [1.807, 2.05) is 25.1 Å². The summed E-state index contributed by atoms with van der Waals surface area (Å²) in [4.78, 5) is 0. The molecule has 0 saturated carbocycles. The Morgan fingerprint density at radius 3 is 2.56 bits per heavy atom. The summed E-state index contributed by atoms with van der Waals surface area (Å²) in [5.41, 5.74) is 2.61. The number of hydrogen-bond acceptors (Lipinski definition) is 1. The van der Waals surface area contributed by atoms with Gasteiger partial charge in [-0.1, -0.05) is 30.3 Å². The molecule has 0 bridgehead atoms. The van der Waals surface area contributed by atoms with E-state index in [0.717, 1.165) is 18.4 Å². The largest absolute Gasteiger partial charge is 0.381 e. The molecule has 1 aliphatic carbocycles. The van der Waals surface area contributed by atoms with Gasteiger partial charge in [-0.05, 0) is 56.2 Å². The monoisotopic (exact) mass is 216 g/mol. The molecule has 1 nitrogen and oxygen atoms in total. The fourth-order valence-electron chi connectivity index (χ4n) is 2.57. The molecule has 1 aromatic carbocycles. The van der Waals surface area contributed by atoms with Gasteiger partial charge in [-0.15, -0.1) is 0 Å². The topological polar surface area (TPSA) is 20.2 Å². The molecule has 0 aromatic heterocycles. The number of hydrogen-bond donors (Lipinski definition) is 1. The van der Waals surface area contributed by atoms with Gasteiger partial charge in [-0.25, -0.2) is 0 Å². The third-order valence-electron chi connectivity index (χ3n) is 3.59. The van der Waals surface area contributed by atoms with Crippen LogP contribution in [0.2, 0.25) is 0 Å². The first-order valence-corrected chi connectivity index (χ1v) is 6.10. The van der Waals surface area contributed by atoms with Gasteiger partial charge in [0, 0.05) is 0 Å². The average molecular weight is 216 g/mol. The van der Waals surface area contributed by atoms with Crippen molar-refractivity contribution in [2.75, 3.05) is 0 Å². The molecule has 1 unspecified atom stereocenters. The van der Waals surface area contributed by atoms with Crippen molar-refractivity contribution in [1.82, 2.24) is 0 Å². The highest BCUT2D eigenvalue weighted by atomic mass is 16.3. The summed E-state index contributed by atoms with van der Waals surface area (Å²) in [5, 5.41) is 10.7. The molecule has 0 spiro atoms. The van der Waals surface area contributed by atoms with Crippen LogP contribution >= 0.6 is 0 Å². The van der Waals surface area contributed by atoms with Crippen LogP contribution in [0.5, 0.6) is 0 Å². The molecule has 86 valence electrons. The molecule has 1 atom stereocenters. The van der Waals surface area contributed by atoms with Crippen LogP contribution < -0.4 is 0 Å². The van der Waals surface area contributed by atoms with E-state index < -0.39 is 5.60 Å². The van der Waals surface area contributed by atoms with Crippen LogP contribution in [0.25, 0.3) is 0 Å². The Morgan fingerprint density at radius 1 is 1.19 bits per heavy atom. The first-order chi connectivity index (χ1) is 7.62. The maximum Gasteiger partial charge on any atom is 0.108 e. The average Bonchev–Trinajstić information content (AvgIpc) is 2.30. The minimum Gasteiger partial charge on any atom is -0.381 e. The third kappa shape index (κ3) is 2.05. The van der Waals surface area contributed by atoms with Crippen LogP contribution in [0.15, 0.2) is 35.9 Å². The molecular formula is C15H20O. The quantitative estimate of drug-likeness (QED) is 0.747. The fourth-order valence-corrected chi connectivity index (χ4v) is 2.57. The maximum atomic E-state index is 10.7. The zero-order valence-electron chi connectivity index (χ0n) is 10.2. The van der Waals surface area contributed by atoms with Crippen molar-refractivity contribution in [2.24, 2.45) is 0 Å². The summed E-state index contributed by atoms with van der Waals surface area (Å²) in [7, 11) is 0. The van der Waals surface area contributed by atoms with Crippen molar-refractivity contribution in [1.29, 1.82) is 0 Å². The van der Waals surface area contributed by atoms with E-state index in [4.69, 9.17) is 0 Å². The van der Waals surface area contributed by atoms with E-state index in [-0.39, 0.29) is 0 Å². The Kier molecular flexibility index (Phi) is 3.15. The summed E-state index contributed by atoms with van der Waals surface area (Å²) in [6.45, 7) is 3.99. The standard InChI is InChI=1S/C15H20O/c1-12-8-6-7-11-14(12)15(2,16)13-9-4-3-5-10-13/h6-9,11,16H,3-5,10H2,1-2H3. The van der Waals surface area contributed by atoms with E-state index in [2.05, 4.69) is 19.1 Å². The molecule has 1 N–H and O–H groups in total. The van der Waals surface area contributed by atoms with Gasteiger partial charge in [0.1, 0.15) is 5.60 Å². The van der Waals surface area contributed by atoms with Crippen molar-refractivity contribution < 1.29 is 5.11 Å². The molecule has 2 rings (SSSR count). The predicted molar refractivity (Wildman–Crippen MR) is 67.3 cm³/mol. The van der Waals surface area contributed by atoms with Crippen molar-refractivity contribution in [3.63, 3.8) is 0 Å². The first-order valence-electron chi connectivity index (χ1n) is 6.10. The summed E-state index contributed by atoms with van der Waals surface area (Å²) in [5.74, 6) is 0. The molecule has 0 amide bonds. The smallest absolute Gasteiger partial charge is 0.108 e. The molecule has 0 aliphatic heterocycles. The third-order valence-corrected chi connectivity index (χ3v) is 3.59. The molecular weight excluding hydrogens is 196 g/mol. The highest BCUT2D eigenvalue weighted by Gasteiger charge is 2.29. The Morgan fingerprint density at radius 2 is 1.94 bits per heavy atom. The van der Waals surface area contributed by atoms with E-state index in [0.29, 0.717) is 0 Å². The van der Waals surface area contributed by atoms with E-state index in [9.17, 15) is 5.11 Å². The van der Waals surface area contributed by atoms with Crippen molar-refractivity contribution in [3.8, 4) is 0 Å². The summed E-state index contributed by atoms with van der Waals surface area (Å²) in [6.07, 6.45) is 6.82. The second-order valence-corrected chi connectivity index (χ2v) is 4.86. The van der Waals surface area contributed by atoms with Crippen LogP contribution in [0.3, 0.4) is 0 Å². The van der Waals surface area contributed by atoms with E-state index in [1.54, 1.807) is 0 Å². The highest BCUT2D eigenvalue weighted by Crippen LogP contribution is 2.36. The van der Waals surface area contributed by atoms with Crippen LogP contribution in [0.1, 0.15) is 43.7 Å². The molecule has 0 fully saturated rings. The van der Waals surface area contributed by atoms with Crippen LogP contribution in [-0.2, 0) is 5.60 Å². The molecule has 1 aliphatic rings. The SMILES string of the molecule is Cc1ccccc1C(C)(O)C1=CCCCC1. The Balaban J connectivity index is 2.38. The van der Waals surface area contributed by atoms with Gasteiger partial charge in [0.25, 0.3) is 0 Å². The Labute approximate surface area is 97.8 Å². The summed E-state index contributed by atoms with van der Waals surface area (Å²) >= 11 is 0. The van der Waals surface area contributed by atoms with Crippen LogP contribution in [-0.4, -0.2) is 5.11 Å². The van der Waals surface area contributed by atoms with Gasteiger partial charge in [-0.3, -0.25) is 0 Å². The molecule has 1 aromatic rings. The molecule has 1 heteroatoms. The van der Waals surface area contributed by atoms with Gasteiger partial charge in [0.2, 0.25) is 0 Å². The molecule has 0 heterocycles. The molecule has 0 radical (unpaired) electrons. The maximum absolute atomic E-state index is 10.7. The fraction of sp³-hybridized carbons (Fsp3) is 0.467. The number of rotatable bonds is 2. The van der Waals surface area contributed by atoms with Crippen molar-refractivity contribution in [3.05, 3.63) is 47.0 Å². The Bertz CT molecular complexity index is 402. The van der Waals surface area contributed by atoms with Gasteiger partial charge in [0.15, 0.2) is 0 Å². The minimum absolute atomic E-state index is 0.786. The van der Waals surface area contributed by atoms with Crippen LogP contribution in [0, 0.1) is 6.92 Å². The van der Waals surface area contributed by atoms with Crippen molar-refractivity contribution in [2.45, 2.75) is 45.1 Å². The van der Waals surface area contributed by atoms with Crippen LogP contribution in [0.4, 0.5) is 0 Å². The number of aliphatic hydroxyl groups is 1. The Hall–Kier alpha value is -1.08. The molecule has 0 saturated heterocycles. The number of allylic oxidation sites excluding steroid dienone is 1. The predicted octanol–water partition coefficient (Wildman–Crippen LogP) is 3.70. The van der Waals surface area contributed by atoms with E-state index >= 15 is 0 Å². The van der Waals surface area contributed by atoms with Crippen molar-refractivity contribution >= 4 is 0 Å². The second-order valence-electron chi connectivity index (χ2n) is 4.86.